The second-order valence-electron chi connectivity index (χ2n) is 12.9. The number of hydrogen-bond acceptors (Lipinski definition) is 4. The molecule has 4 heteroatoms. The molecule has 0 aliphatic heterocycles. The fourth-order valence-electron chi connectivity index (χ4n) is 9.03. The van der Waals surface area contributed by atoms with Crippen molar-refractivity contribution in [1.29, 1.82) is 0 Å². The molecule has 0 unspecified atom stereocenters. The topological polar surface area (TPSA) is 60.4 Å². The lowest BCUT2D eigenvalue weighted by molar-refractivity contribution is -0.139. The summed E-state index contributed by atoms with van der Waals surface area (Å²) in [6.45, 7) is 17.7. The molecule has 5 atom stereocenters. The minimum atomic E-state index is -0.451. The van der Waals surface area contributed by atoms with Crippen LogP contribution in [0.3, 0.4) is 0 Å². The number of ether oxygens (including phenoxy) is 1. The van der Waals surface area contributed by atoms with Crippen molar-refractivity contribution in [2.45, 2.75) is 99.3 Å². The Hall–Kier alpha value is -1.97. The molecule has 0 heterocycles. The molecule has 0 aromatic rings. The molecule has 0 aromatic heterocycles. The highest BCUT2D eigenvalue weighted by Crippen LogP contribution is 2.73. The Morgan fingerprint density at radius 3 is 2.40 bits per heavy atom. The molecule has 4 rings (SSSR count). The van der Waals surface area contributed by atoms with Crippen molar-refractivity contribution in [3.8, 4) is 0 Å². The first-order valence-corrected chi connectivity index (χ1v) is 13.5. The third kappa shape index (κ3) is 3.56. The number of carbonyl (C=O) groups excluding carboxylic acids is 3. The number of allylic oxidation sites excluding steroid dienone is 4. The molecule has 0 aromatic carbocycles. The largest absolute Gasteiger partial charge is 0.466 e. The molecule has 0 N–H and O–H groups in total. The van der Waals surface area contributed by atoms with E-state index in [9.17, 15) is 14.4 Å². The molecule has 4 aliphatic rings. The summed E-state index contributed by atoms with van der Waals surface area (Å²) in [5, 5.41) is 0. The molecular formula is C31H44O4. The smallest absolute Gasteiger partial charge is 0.333 e. The SMILES string of the molecule is C=C1CC[C@@](C)([C@H](C)CC(=O)/C=C(\C)C(=O)OC)[C@@]12CCC1=C2CC[C@H]2C(C)(C)C(=O)CC[C@]12C. The molecule has 0 bridgehead atoms. The van der Waals surface area contributed by atoms with Crippen molar-refractivity contribution in [1.82, 2.24) is 0 Å². The number of hydrogen-bond donors (Lipinski definition) is 0. The zero-order chi connectivity index (χ0) is 26.0. The van der Waals surface area contributed by atoms with Crippen LogP contribution in [0, 0.1) is 33.5 Å². The fourth-order valence-corrected chi connectivity index (χ4v) is 9.03. The van der Waals surface area contributed by atoms with Crippen LogP contribution < -0.4 is 0 Å². The summed E-state index contributed by atoms with van der Waals surface area (Å²) >= 11 is 0. The monoisotopic (exact) mass is 480 g/mol. The zero-order valence-corrected chi connectivity index (χ0v) is 22.9. The van der Waals surface area contributed by atoms with Gasteiger partial charge in [-0.2, -0.15) is 0 Å². The van der Waals surface area contributed by atoms with Gasteiger partial charge in [-0.3, -0.25) is 9.59 Å². The van der Waals surface area contributed by atoms with E-state index in [2.05, 4.69) is 41.2 Å². The van der Waals surface area contributed by atoms with Gasteiger partial charge in [0.25, 0.3) is 0 Å². The average molecular weight is 481 g/mol. The first-order chi connectivity index (χ1) is 16.3. The molecule has 4 nitrogen and oxygen atoms in total. The maximum atomic E-state index is 12.9. The summed E-state index contributed by atoms with van der Waals surface area (Å²) in [6.07, 6.45) is 9.84. The summed E-state index contributed by atoms with van der Waals surface area (Å²) in [5.74, 6) is 0.528. The van der Waals surface area contributed by atoms with Crippen molar-refractivity contribution >= 4 is 17.5 Å². The summed E-state index contributed by atoms with van der Waals surface area (Å²) in [6, 6.07) is 0. The van der Waals surface area contributed by atoms with Gasteiger partial charge in [-0.25, -0.2) is 4.79 Å². The Kier molecular flexibility index (Phi) is 6.38. The van der Waals surface area contributed by atoms with Crippen LogP contribution in [-0.2, 0) is 19.1 Å². The van der Waals surface area contributed by atoms with Gasteiger partial charge >= 0.3 is 5.97 Å². The third-order valence-electron chi connectivity index (χ3n) is 11.2. The van der Waals surface area contributed by atoms with Crippen LogP contribution >= 0.6 is 0 Å². The lowest BCUT2D eigenvalue weighted by Crippen LogP contribution is -2.50. The Morgan fingerprint density at radius 2 is 1.74 bits per heavy atom. The number of Topliss-reactive ketones (excluding diaryl/α,β-unsaturated/α-hetero) is 1. The number of methoxy groups -OCH3 is 1. The number of fused-ring (bicyclic) bond motifs is 3. The highest BCUT2D eigenvalue weighted by Gasteiger charge is 2.64. The molecule has 192 valence electrons. The maximum Gasteiger partial charge on any atom is 0.333 e. The lowest BCUT2D eigenvalue weighted by Gasteiger charge is -2.55. The van der Waals surface area contributed by atoms with E-state index in [-0.39, 0.29) is 33.4 Å². The highest BCUT2D eigenvalue weighted by molar-refractivity contribution is 5.99. The van der Waals surface area contributed by atoms with Crippen LogP contribution in [0.5, 0.6) is 0 Å². The van der Waals surface area contributed by atoms with Gasteiger partial charge in [0, 0.05) is 29.2 Å². The van der Waals surface area contributed by atoms with Crippen molar-refractivity contribution < 1.29 is 19.1 Å². The van der Waals surface area contributed by atoms with E-state index < -0.39 is 5.97 Å². The molecule has 0 amide bonds. The van der Waals surface area contributed by atoms with Crippen LogP contribution in [0.15, 0.2) is 34.9 Å². The Morgan fingerprint density at radius 1 is 1.06 bits per heavy atom. The Balaban J connectivity index is 1.70. The fraction of sp³-hybridized carbons (Fsp3) is 0.710. The third-order valence-corrected chi connectivity index (χ3v) is 11.2. The van der Waals surface area contributed by atoms with Crippen molar-refractivity contribution in [3.63, 3.8) is 0 Å². The second-order valence-corrected chi connectivity index (χ2v) is 12.9. The summed E-state index contributed by atoms with van der Waals surface area (Å²) in [4.78, 5) is 37.6. The van der Waals surface area contributed by atoms with Gasteiger partial charge < -0.3 is 4.74 Å². The maximum absolute atomic E-state index is 12.9. The number of carbonyl (C=O) groups is 3. The second kappa shape index (κ2) is 8.56. The predicted octanol–water partition coefficient (Wildman–Crippen LogP) is 6.94. The van der Waals surface area contributed by atoms with E-state index in [4.69, 9.17) is 4.74 Å². The Labute approximate surface area is 211 Å². The first-order valence-electron chi connectivity index (χ1n) is 13.5. The van der Waals surface area contributed by atoms with Crippen molar-refractivity contribution in [3.05, 3.63) is 34.9 Å². The number of esters is 1. The van der Waals surface area contributed by atoms with Crippen molar-refractivity contribution in [2.24, 2.45) is 33.5 Å². The minimum absolute atomic E-state index is 0.00954. The molecule has 35 heavy (non-hydrogen) atoms. The van der Waals surface area contributed by atoms with Gasteiger partial charge in [-0.15, -0.1) is 0 Å². The number of ketones is 2. The van der Waals surface area contributed by atoms with Crippen LogP contribution in [0.4, 0.5) is 0 Å². The summed E-state index contributed by atoms with van der Waals surface area (Å²) < 4.78 is 4.76. The van der Waals surface area contributed by atoms with Crippen LogP contribution in [0.2, 0.25) is 0 Å². The van der Waals surface area contributed by atoms with Crippen molar-refractivity contribution in [2.75, 3.05) is 7.11 Å². The molecular weight excluding hydrogens is 436 g/mol. The molecule has 1 spiro atoms. The number of rotatable bonds is 5. The predicted molar refractivity (Wildman–Crippen MR) is 139 cm³/mol. The van der Waals surface area contributed by atoms with Gasteiger partial charge in [0.1, 0.15) is 5.78 Å². The van der Waals surface area contributed by atoms with Gasteiger partial charge in [-0.05, 0) is 80.6 Å². The van der Waals surface area contributed by atoms with Gasteiger partial charge in [-0.1, -0.05) is 57.9 Å². The first kappa shape index (κ1) is 26.1. The lowest BCUT2D eigenvalue weighted by atomic mass is 9.48. The molecule has 4 aliphatic carbocycles. The van der Waals surface area contributed by atoms with Crippen LogP contribution in [0.25, 0.3) is 0 Å². The minimum Gasteiger partial charge on any atom is -0.466 e. The molecule has 0 saturated heterocycles. The quantitative estimate of drug-likeness (QED) is 0.243. The van der Waals surface area contributed by atoms with Gasteiger partial charge in [0.05, 0.1) is 7.11 Å². The van der Waals surface area contributed by atoms with Crippen LogP contribution in [0.1, 0.15) is 99.3 Å². The Bertz CT molecular complexity index is 1040. The molecule has 0 radical (unpaired) electrons. The average Bonchev–Trinajstić information content (AvgIpc) is 3.32. The normalized spacial score (nSPS) is 37.3. The van der Waals surface area contributed by atoms with Gasteiger partial charge in [0.2, 0.25) is 0 Å². The van der Waals surface area contributed by atoms with E-state index in [1.807, 2.05) is 0 Å². The van der Waals surface area contributed by atoms with Gasteiger partial charge in [0.15, 0.2) is 5.78 Å². The zero-order valence-electron chi connectivity index (χ0n) is 22.9. The summed E-state index contributed by atoms with van der Waals surface area (Å²) in [7, 11) is 1.34. The standard InChI is InChI=1S/C31H44O4/c1-19(27(34)35-8)17-22(32)18-21(3)30(7)15-11-20(2)31(30)16-12-23-24(31)9-10-25-28(4,5)26(33)13-14-29(23,25)6/h17,21,25H,2,9-16,18H2,1,3-8H3/b19-17+/t21-,25+,29-,30+,31+/m1/s1. The molecule has 2 saturated carbocycles. The molecule has 2 fully saturated rings. The van der Waals surface area contributed by atoms with E-state index in [1.165, 1.54) is 18.8 Å². The summed E-state index contributed by atoms with van der Waals surface area (Å²) in [5.41, 5.74) is 4.63. The highest BCUT2D eigenvalue weighted by atomic mass is 16.5. The van der Waals surface area contributed by atoms with E-state index in [1.54, 1.807) is 18.1 Å². The van der Waals surface area contributed by atoms with E-state index in [0.717, 1.165) is 44.9 Å². The van der Waals surface area contributed by atoms with Crippen LogP contribution in [-0.4, -0.2) is 24.6 Å². The van der Waals surface area contributed by atoms with E-state index in [0.29, 0.717) is 30.1 Å². The van der Waals surface area contributed by atoms with E-state index >= 15 is 0 Å².